The van der Waals surface area contributed by atoms with Gasteiger partial charge in [-0.05, 0) is 34.1 Å². The lowest BCUT2D eigenvalue weighted by Gasteiger charge is -2.32. The van der Waals surface area contributed by atoms with E-state index in [1.165, 1.54) is 36.8 Å². The second kappa shape index (κ2) is 13.3. The lowest BCUT2D eigenvalue weighted by molar-refractivity contribution is -0.891. The van der Waals surface area contributed by atoms with Gasteiger partial charge in [0, 0.05) is 18.6 Å². The van der Waals surface area contributed by atoms with E-state index in [2.05, 4.69) is 73.0 Å². The Balaban J connectivity index is 0.000000642. The minimum Gasteiger partial charge on any atom is -0.376 e. The second-order valence-corrected chi connectivity index (χ2v) is 8.95. The molecule has 0 saturated heterocycles. The topological polar surface area (TPSA) is 35.2 Å². The summed E-state index contributed by atoms with van der Waals surface area (Å²) in [5, 5.41) is 0. The van der Waals surface area contributed by atoms with Crippen LogP contribution in [-0.4, -0.2) is 50.4 Å². The van der Waals surface area contributed by atoms with Gasteiger partial charge in [-0.15, -0.1) is 0 Å². The third-order valence-electron chi connectivity index (χ3n) is 4.56. The lowest BCUT2D eigenvalue weighted by Crippen LogP contribution is -2.47. The number of quaternary nitrogens is 1. The zero-order valence-corrected chi connectivity index (χ0v) is 18.6. The maximum atomic E-state index is 6.02. The Kier molecular flexibility index (Phi) is 12.8. The van der Waals surface area contributed by atoms with Gasteiger partial charge in [0.25, 0.3) is 0 Å². The number of unbranched alkanes of at least 4 members (excludes halogenated alkanes) is 3. The molecule has 0 heterocycles. The molecule has 0 fully saturated rings. The van der Waals surface area contributed by atoms with E-state index in [4.69, 9.17) is 10.5 Å². The van der Waals surface area contributed by atoms with E-state index in [9.17, 15) is 0 Å². The van der Waals surface area contributed by atoms with Crippen LogP contribution >= 0.6 is 0 Å². The number of likely N-dealkylation sites (N-methyl/N-ethyl adjacent to an activating group) is 1. The van der Waals surface area contributed by atoms with Gasteiger partial charge in [0.15, 0.2) is 0 Å². The Morgan fingerprint density at radius 1 is 0.885 bits per heavy atom. The molecule has 0 spiro atoms. The molecule has 1 aromatic rings. The summed E-state index contributed by atoms with van der Waals surface area (Å²) >= 11 is 0. The highest BCUT2D eigenvalue weighted by atomic mass is 16.5. The van der Waals surface area contributed by atoms with E-state index < -0.39 is 0 Å². The molecule has 0 aliphatic carbocycles. The largest absolute Gasteiger partial charge is 0.376 e. The standard InChI is InChI=1S/C15H35N2O.C8H10/c1-6-7-8-9-13-18-14-12-17(4,5)11-10-15(2,3)16;1-7-3-5-8(2)6-4-7/h6-14,16H2,1-5H3;3-6H,1-2H3/q+1;. The van der Waals surface area contributed by atoms with Crippen molar-refractivity contribution < 1.29 is 9.22 Å². The van der Waals surface area contributed by atoms with Crippen molar-refractivity contribution >= 4 is 0 Å². The third kappa shape index (κ3) is 16.6. The highest BCUT2D eigenvalue weighted by Crippen LogP contribution is 2.08. The molecule has 0 aliphatic rings. The van der Waals surface area contributed by atoms with Crippen molar-refractivity contribution in [3.8, 4) is 0 Å². The van der Waals surface area contributed by atoms with Crippen LogP contribution in [0.1, 0.15) is 64.0 Å². The van der Waals surface area contributed by atoms with E-state index in [0.29, 0.717) is 0 Å². The molecule has 3 nitrogen and oxygen atoms in total. The molecule has 0 unspecified atom stereocenters. The van der Waals surface area contributed by atoms with E-state index in [0.717, 1.165) is 37.2 Å². The van der Waals surface area contributed by atoms with Gasteiger partial charge in [-0.1, -0.05) is 61.6 Å². The fourth-order valence-electron chi connectivity index (χ4n) is 2.38. The molecular formula is C23H45N2O+. The van der Waals surface area contributed by atoms with Gasteiger partial charge in [0.05, 0.1) is 27.2 Å². The van der Waals surface area contributed by atoms with Crippen LogP contribution in [0, 0.1) is 13.8 Å². The fraction of sp³-hybridized carbons (Fsp3) is 0.739. The molecule has 2 N–H and O–H groups in total. The molecule has 0 amide bonds. The molecular weight excluding hydrogens is 320 g/mol. The highest BCUT2D eigenvalue weighted by molar-refractivity contribution is 5.19. The van der Waals surface area contributed by atoms with Gasteiger partial charge >= 0.3 is 0 Å². The van der Waals surface area contributed by atoms with Crippen molar-refractivity contribution in [1.82, 2.24) is 0 Å². The second-order valence-electron chi connectivity index (χ2n) is 8.95. The summed E-state index contributed by atoms with van der Waals surface area (Å²) in [7, 11) is 4.51. The first kappa shape index (κ1) is 25.1. The molecule has 0 aromatic heterocycles. The molecule has 0 saturated carbocycles. The first-order chi connectivity index (χ1) is 12.1. The van der Waals surface area contributed by atoms with Gasteiger partial charge < -0.3 is 15.0 Å². The molecule has 152 valence electrons. The Morgan fingerprint density at radius 3 is 1.88 bits per heavy atom. The minimum absolute atomic E-state index is 0.0590. The summed E-state index contributed by atoms with van der Waals surface area (Å²) in [6, 6.07) is 8.48. The maximum Gasteiger partial charge on any atom is 0.102 e. The molecule has 0 radical (unpaired) electrons. The number of aryl methyl sites for hydroxylation is 2. The van der Waals surface area contributed by atoms with Crippen molar-refractivity contribution in [3.05, 3.63) is 35.4 Å². The molecule has 0 atom stereocenters. The molecule has 1 aromatic carbocycles. The van der Waals surface area contributed by atoms with Gasteiger partial charge in [-0.25, -0.2) is 0 Å². The number of nitrogens with zero attached hydrogens (tertiary/aromatic N) is 1. The minimum atomic E-state index is -0.0590. The van der Waals surface area contributed by atoms with Gasteiger partial charge in [0.1, 0.15) is 6.54 Å². The number of benzene rings is 1. The average molecular weight is 366 g/mol. The SMILES string of the molecule is CCCCCCOCC[N+](C)(C)CCC(C)(C)N.Cc1ccc(C)cc1. The summed E-state index contributed by atoms with van der Waals surface area (Å²) in [6.07, 6.45) is 6.18. The van der Waals surface area contributed by atoms with Crippen molar-refractivity contribution in [1.29, 1.82) is 0 Å². The molecule has 0 aliphatic heterocycles. The van der Waals surface area contributed by atoms with E-state index in [1.54, 1.807) is 0 Å². The van der Waals surface area contributed by atoms with E-state index in [-0.39, 0.29) is 5.54 Å². The zero-order chi connectivity index (χ0) is 20.1. The molecule has 26 heavy (non-hydrogen) atoms. The maximum absolute atomic E-state index is 6.02. The first-order valence-corrected chi connectivity index (χ1v) is 10.3. The van der Waals surface area contributed by atoms with Crippen LogP contribution in [-0.2, 0) is 4.74 Å². The van der Waals surface area contributed by atoms with Gasteiger partial charge in [-0.2, -0.15) is 0 Å². The lowest BCUT2D eigenvalue weighted by atomic mass is 10.0. The summed E-state index contributed by atoms with van der Waals surface area (Å²) in [5.74, 6) is 0. The fourth-order valence-corrected chi connectivity index (χ4v) is 2.38. The Morgan fingerprint density at radius 2 is 1.42 bits per heavy atom. The molecule has 0 bridgehead atoms. The Hall–Kier alpha value is -0.900. The number of hydrogen-bond donors (Lipinski definition) is 1. The van der Waals surface area contributed by atoms with Crippen LogP contribution in [0.25, 0.3) is 0 Å². The summed E-state index contributed by atoms with van der Waals surface area (Å²) in [5.41, 5.74) is 8.62. The number of rotatable bonds is 11. The van der Waals surface area contributed by atoms with E-state index >= 15 is 0 Å². The van der Waals surface area contributed by atoms with Crippen LogP contribution in [0.5, 0.6) is 0 Å². The van der Waals surface area contributed by atoms with Crippen molar-refractivity contribution in [2.75, 3.05) is 40.4 Å². The number of hydrogen-bond acceptors (Lipinski definition) is 2. The van der Waals surface area contributed by atoms with E-state index in [1.807, 2.05) is 0 Å². The summed E-state index contributed by atoms with van der Waals surface area (Å²) < 4.78 is 6.70. The summed E-state index contributed by atoms with van der Waals surface area (Å²) in [4.78, 5) is 0. The highest BCUT2D eigenvalue weighted by Gasteiger charge is 2.20. The summed E-state index contributed by atoms with van der Waals surface area (Å²) in [6.45, 7) is 14.6. The van der Waals surface area contributed by atoms with Gasteiger partial charge in [-0.3, -0.25) is 0 Å². The quantitative estimate of drug-likeness (QED) is 0.438. The Bertz CT molecular complexity index is 425. The third-order valence-corrected chi connectivity index (χ3v) is 4.56. The average Bonchev–Trinajstić information content (AvgIpc) is 2.55. The number of nitrogens with two attached hydrogens (primary N) is 1. The molecule has 1 rings (SSSR count). The molecule has 3 heteroatoms. The van der Waals surface area contributed by atoms with Crippen molar-refractivity contribution in [2.24, 2.45) is 5.73 Å². The van der Waals surface area contributed by atoms with Crippen LogP contribution in [0.15, 0.2) is 24.3 Å². The number of ether oxygens (including phenoxy) is 1. The van der Waals surface area contributed by atoms with Crippen molar-refractivity contribution in [2.45, 2.75) is 72.3 Å². The van der Waals surface area contributed by atoms with Crippen LogP contribution in [0.2, 0.25) is 0 Å². The normalized spacial score (nSPS) is 11.8. The zero-order valence-electron chi connectivity index (χ0n) is 18.6. The van der Waals surface area contributed by atoms with Crippen LogP contribution < -0.4 is 5.73 Å². The first-order valence-electron chi connectivity index (χ1n) is 10.3. The monoisotopic (exact) mass is 365 g/mol. The van der Waals surface area contributed by atoms with Crippen molar-refractivity contribution in [3.63, 3.8) is 0 Å². The van der Waals surface area contributed by atoms with Crippen LogP contribution in [0.4, 0.5) is 0 Å². The smallest absolute Gasteiger partial charge is 0.102 e. The van der Waals surface area contributed by atoms with Crippen LogP contribution in [0.3, 0.4) is 0 Å². The Labute approximate surface area is 163 Å². The van der Waals surface area contributed by atoms with Gasteiger partial charge in [0.2, 0.25) is 0 Å². The predicted octanol–water partition coefficient (Wildman–Crippen LogP) is 5.09. The predicted molar refractivity (Wildman–Crippen MR) is 116 cm³/mol.